The predicted octanol–water partition coefficient (Wildman–Crippen LogP) is 4.36. The molecule has 6 nitrogen and oxygen atoms in total. The smallest absolute Gasteiger partial charge is 0.264 e. The number of sulfonamides is 1. The highest BCUT2D eigenvalue weighted by Gasteiger charge is 2.28. The molecule has 0 saturated heterocycles. The number of nitrogens with zero attached hydrogens (tertiary/aromatic N) is 2. The molecule has 2 aromatic carbocycles. The second kappa shape index (κ2) is 9.42. The van der Waals surface area contributed by atoms with Crippen LogP contribution >= 0.6 is 22.9 Å². The minimum atomic E-state index is -4.00. The van der Waals surface area contributed by atoms with Gasteiger partial charge in [0.1, 0.15) is 6.54 Å². The fourth-order valence-electron chi connectivity index (χ4n) is 2.72. The van der Waals surface area contributed by atoms with E-state index in [0.29, 0.717) is 16.3 Å². The normalized spacial score (nSPS) is 11.6. The molecule has 0 unspecified atom stereocenters. The third-order valence-corrected chi connectivity index (χ3v) is 7.29. The van der Waals surface area contributed by atoms with E-state index in [9.17, 15) is 13.2 Å². The van der Waals surface area contributed by atoms with Gasteiger partial charge < -0.3 is 0 Å². The summed E-state index contributed by atoms with van der Waals surface area (Å²) in [5, 5.41) is 6.25. The van der Waals surface area contributed by atoms with Crippen molar-refractivity contribution in [1.82, 2.24) is 5.43 Å². The second-order valence-electron chi connectivity index (χ2n) is 6.52. The number of benzene rings is 2. The van der Waals surface area contributed by atoms with Crippen LogP contribution in [-0.4, -0.2) is 27.1 Å². The lowest BCUT2D eigenvalue weighted by molar-refractivity contribution is -0.119. The van der Waals surface area contributed by atoms with Crippen molar-refractivity contribution < 1.29 is 13.2 Å². The number of hydrogen-bond acceptors (Lipinski definition) is 5. The van der Waals surface area contributed by atoms with Gasteiger partial charge in [0.2, 0.25) is 0 Å². The summed E-state index contributed by atoms with van der Waals surface area (Å²) in [5.74, 6) is -0.570. The summed E-state index contributed by atoms with van der Waals surface area (Å²) in [6, 6.07) is 14.8. The molecule has 0 atom stereocenters. The number of aryl methyl sites for hydroxylation is 2. The summed E-state index contributed by atoms with van der Waals surface area (Å²) in [6.07, 6.45) is 1.54. The molecular formula is C21H20ClN3O3S2. The number of carbonyl (C=O) groups is 1. The molecule has 1 aromatic heterocycles. The minimum absolute atomic E-state index is 0.0786. The zero-order valence-corrected chi connectivity index (χ0v) is 18.8. The topological polar surface area (TPSA) is 78.8 Å². The number of hydrogen-bond donors (Lipinski definition) is 1. The first-order chi connectivity index (χ1) is 14.3. The van der Waals surface area contributed by atoms with Crippen LogP contribution in [0.3, 0.4) is 0 Å². The van der Waals surface area contributed by atoms with Crippen LogP contribution in [0.4, 0.5) is 5.69 Å². The molecular weight excluding hydrogens is 442 g/mol. The van der Waals surface area contributed by atoms with Crippen molar-refractivity contribution in [3.63, 3.8) is 0 Å². The summed E-state index contributed by atoms with van der Waals surface area (Å²) in [7, 11) is -4.00. The third kappa shape index (κ3) is 5.08. The zero-order valence-electron chi connectivity index (χ0n) is 16.4. The molecule has 0 aliphatic rings. The first kappa shape index (κ1) is 22.0. The Bertz CT molecular complexity index is 1180. The molecule has 1 heterocycles. The lowest BCUT2D eigenvalue weighted by Gasteiger charge is -2.25. The van der Waals surface area contributed by atoms with E-state index in [2.05, 4.69) is 10.5 Å². The van der Waals surface area contributed by atoms with Gasteiger partial charge in [0, 0.05) is 9.90 Å². The van der Waals surface area contributed by atoms with Crippen molar-refractivity contribution in [2.45, 2.75) is 18.7 Å². The van der Waals surface area contributed by atoms with E-state index in [4.69, 9.17) is 11.6 Å². The highest BCUT2D eigenvalue weighted by Crippen LogP contribution is 2.29. The molecule has 0 bridgehead atoms. The number of nitrogens with one attached hydrogen (secondary N) is 1. The second-order valence-corrected chi connectivity index (χ2v) is 9.76. The monoisotopic (exact) mass is 461 g/mol. The maximum absolute atomic E-state index is 13.3. The molecule has 0 fully saturated rings. The first-order valence-corrected chi connectivity index (χ1v) is 11.7. The van der Waals surface area contributed by atoms with E-state index in [-0.39, 0.29) is 4.90 Å². The van der Waals surface area contributed by atoms with Gasteiger partial charge in [0.15, 0.2) is 0 Å². The Morgan fingerprint density at radius 3 is 2.53 bits per heavy atom. The van der Waals surface area contributed by atoms with Crippen molar-refractivity contribution in [3.8, 4) is 0 Å². The summed E-state index contributed by atoms with van der Waals surface area (Å²) < 4.78 is 27.7. The number of carbonyl (C=O) groups excluding carboxylic acids is 1. The fraction of sp³-hybridized carbons (Fsp3) is 0.143. The van der Waals surface area contributed by atoms with Crippen LogP contribution in [0.15, 0.2) is 70.0 Å². The largest absolute Gasteiger partial charge is 0.271 e. The van der Waals surface area contributed by atoms with Gasteiger partial charge in [-0.05, 0) is 60.7 Å². The molecule has 30 heavy (non-hydrogen) atoms. The standard InChI is InChI=1S/C21H20ClN3O3S2/c1-15-8-9-17(22)12-19(15)25(30(27,28)18-6-4-3-5-7-18)14-21(26)24-23-13-20-16(2)10-11-29-20/h3-13H,14H2,1-2H3,(H,24,26)/b23-13+. The zero-order chi connectivity index (χ0) is 21.7. The van der Waals surface area contributed by atoms with Crippen LogP contribution in [0.2, 0.25) is 5.02 Å². The fourth-order valence-corrected chi connectivity index (χ4v) is 5.17. The average molecular weight is 462 g/mol. The highest BCUT2D eigenvalue weighted by molar-refractivity contribution is 7.92. The molecule has 0 aliphatic carbocycles. The Kier molecular flexibility index (Phi) is 6.91. The number of anilines is 1. The van der Waals surface area contributed by atoms with E-state index in [0.717, 1.165) is 14.7 Å². The van der Waals surface area contributed by atoms with Crippen LogP contribution in [0, 0.1) is 13.8 Å². The van der Waals surface area contributed by atoms with E-state index in [1.165, 1.54) is 29.5 Å². The van der Waals surface area contributed by atoms with Crippen LogP contribution in [0.5, 0.6) is 0 Å². The van der Waals surface area contributed by atoms with Gasteiger partial charge >= 0.3 is 0 Å². The summed E-state index contributed by atoms with van der Waals surface area (Å²) in [6.45, 7) is 3.25. The lowest BCUT2D eigenvalue weighted by Crippen LogP contribution is -2.40. The van der Waals surface area contributed by atoms with E-state index in [1.54, 1.807) is 43.5 Å². The molecule has 1 amide bonds. The van der Waals surface area contributed by atoms with Gasteiger partial charge in [0.25, 0.3) is 15.9 Å². The molecule has 156 valence electrons. The quantitative estimate of drug-likeness (QED) is 0.419. The Morgan fingerprint density at radius 1 is 1.13 bits per heavy atom. The van der Waals surface area contributed by atoms with Gasteiger partial charge in [-0.15, -0.1) is 11.3 Å². The molecule has 3 rings (SSSR count). The number of rotatable bonds is 7. The molecule has 0 aliphatic heterocycles. The maximum Gasteiger partial charge on any atom is 0.264 e. The van der Waals surface area contributed by atoms with Crippen molar-refractivity contribution in [2.75, 3.05) is 10.8 Å². The molecule has 0 spiro atoms. The van der Waals surface area contributed by atoms with Gasteiger partial charge in [-0.1, -0.05) is 35.9 Å². The SMILES string of the molecule is Cc1ccc(Cl)cc1N(CC(=O)N/N=C/c1sccc1C)S(=O)(=O)c1ccccc1. The van der Waals surface area contributed by atoms with Crippen molar-refractivity contribution >= 4 is 50.8 Å². The van der Waals surface area contributed by atoms with E-state index < -0.39 is 22.5 Å². The highest BCUT2D eigenvalue weighted by atomic mass is 35.5. The van der Waals surface area contributed by atoms with Gasteiger partial charge in [-0.3, -0.25) is 9.10 Å². The van der Waals surface area contributed by atoms with E-state index in [1.807, 2.05) is 18.4 Å². The van der Waals surface area contributed by atoms with Crippen LogP contribution < -0.4 is 9.73 Å². The Labute approximate surface area is 184 Å². The lowest BCUT2D eigenvalue weighted by atomic mass is 10.2. The van der Waals surface area contributed by atoms with Crippen LogP contribution in [-0.2, 0) is 14.8 Å². The van der Waals surface area contributed by atoms with Crippen LogP contribution in [0.25, 0.3) is 0 Å². The van der Waals surface area contributed by atoms with Gasteiger partial charge in [-0.25, -0.2) is 13.8 Å². The van der Waals surface area contributed by atoms with Gasteiger partial charge in [-0.2, -0.15) is 5.10 Å². The number of hydrazone groups is 1. The molecule has 9 heteroatoms. The predicted molar refractivity (Wildman–Crippen MR) is 122 cm³/mol. The first-order valence-electron chi connectivity index (χ1n) is 8.99. The maximum atomic E-state index is 13.3. The molecule has 1 N–H and O–H groups in total. The van der Waals surface area contributed by atoms with Crippen molar-refractivity contribution in [1.29, 1.82) is 0 Å². The minimum Gasteiger partial charge on any atom is -0.271 e. The van der Waals surface area contributed by atoms with Gasteiger partial charge in [0.05, 0.1) is 16.8 Å². The van der Waals surface area contributed by atoms with Crippen LogP contribution in [0.1, 0.15) is 16.0 Å². The molecule has 0 saturated carbocycles. The number of thiophene rings is 1. The van der Waals surface area contributed by atoms with Crippen molar-refractivity contribution in [2.24, 2.45) is 5.10 Å². The summed E-state index contributed by atoms with van der Waals surface area (Å²) in [4.78, 5) is 13.5. The number of halogens is 1. The Hall–Kier alpha value is -2.68. The number of amides is 1. The molecule has 3 aromatic rings. The summed E-state index contributed by atoms with van der Waals surface area (Å²) >= 11 is 7.60. The third-order valence-electron chi connectivity index (χ3n) is 4.33. The van der Waals surface area contributed by atoms with Crippen molar-refractivity contribution in [3.05, 3.63) is 81.0 Å². The summed E-state index contributed by atoms with van der Waals surface area (Å²) in [5.41, 5.74) is 4.45. The Morgan fingerprint density at radius 2 is 1.87 bits per heavy atom. The molecule has 0 radical (unpaired) electrons. The Balaban J connectivity index is 1.90. The average Bonchev–Trinajstić information content (AvgIpc) is 3.13. The van der Waals surface area contributed by atoms with E-state index >= 15 is 0 Å².